The summed E-state index contributed by atoms with van der Waals surface area (Å²) in [6, 6.07) is 10.8. The van der Waals surface area contributed by atoms with Gasteiger partial charge in [0.15, 0.2) is 0 Å². The number of rotatable bonds is 6. The number of hydrogen-bond acceptors (Lipinski definition) is 4. The number of urea groups is 1. The first-order valence-electron chi connectivity index (χ1n) is 7.19. The summed E-state index contributed by atoms with van der Waals surface area (Å²) >= 11 is 1.60. The van der Waals surface area contributed by atoms with Gasteiger partial charge < -0.3 is 15.4 Å². The monoisotopic (exact) mass is 330 g/mol. The van der Waals surface area contributed by atoms with Crippen molar-refractivity contribution >= 4 is 35.1 Å². The number of thiophene rings is 1. The summed E-state index contributed by atoms with van der Waals surface area (Å²) in [5, 5.41) is 7.51. The van der Waals surface area contributed by atoms with Crippen LogP contribution in [0.1, 0.15) is 17.4 Å². The second-order valence-corrected chi connectivity index (χ2v) is 5.63. The highest BCUT2D eigenvalue weighted by molar-refractivity contribution is 7.09. The minimum absolute atomic E-state index is 0.256. The molecule has 0 atom stereocenters. The van der Waals surface area contributed by atoms with Gasteiger partial charge in [-0.15, -0.1) is 11.3 Å². The minimum atomic E-state index is -0.373. The molecular weight excluding hydrogens is 312 g/mol. The van der Waals surface area contributed by atoms with Crippen molar-refractivity contribution in [2.75, 3.05) is 11.9 Å². The fourth-order valence-electron chi connectivity index (χ4n) is 1.79. The summed E-state index contributed by atoms with van der Waals surface area (Å²) in [5.74, 6) is -0.373. The van der Waals surface area contributed by atoms with E-state index in [0.29, 0.717) is 18.8 Å². The molecule has 0 aliphatic heterocycles. The molecule has 2 amide bonds. The maximum absolute atomic E-state index is 11.8. The molecule has 0 unspecified atom stereocenters. The van der Waals surface area contributed by atoms with E-state index in [1.165, 1.54) is 6.08 Å². The molecule has 0 fully saturated rings. The van der Waals surface area contributed by atoms with Crippen molar-refractivity contribution in [2.24, 2.45) is 0 Å². The maximum Gasteiger partial charge on any atom is 0.330 e. The van der Waals surface area contributed by atoms with Crippen molar-refractivity contribution in [3.8, 4) is 0 Å². The van der Waals surface area contributed by atoms with E-state index in [4.69, 9.17) is 4.74 Å². The minimum Gasteiger partial charge on any atom is -0.463 e. The molecule has 23 heavy (non-hydrogen) atoms. The lowest BCUT2D eigenvalue weighted by molar-refractivity contribution is -0.137. The van der Waals surface area contributed by atoms with E-state index in [9.17, 15) is 9.59 Å². The highest BCUT2D eigenvalue weighted by atomic mass is 32.1. The van der Waals surface area contributed by atoms with Crippen LogP contribution >= 0.6 is 11.3 Å². The smallest absolute Gasteiger partial charge is 0.330 e. The third kappa shape index (κ3) is 5.96. The maximum atomic E-state index is 11.8. The quantitative estimate of drug-likeness (QED) is 0.627. The largest absolute Gasteiger partial charge is 0.463 e. The van der Waals surface area contributed by atoms with Gasteiger partial charge in [0, 0.05) is 16.6 Å². The lowest BCUT2D eigenvalue weighted by atomic mass is 10.2. The molecule has 0 aliphatic carbocycles. The van der Waals surface area contributed by atoms with E-state index in [1.54, 1.807) is 36.5 Å². The van der Waals surface area contributed by atoms with E-state index >= 15 is 0 Å². The number of anilines is 1. The number of ether oxygens (including phenoxy) is 1. The lowest BCUT2D eigenvalue weighted by Gasteiger charge is -2.07. The Morgan fingerprint density at radius 2 is 2.00 bits per heavy atom. The van der Waals surface area contributed by atoms with E-state index in [2.05, 4.69) is 10.6 Å². The average Bonchev–Trinajstić information content (AvgIpc) is 3.06. The summed E-state index contributed by atoms with van der Waals surface area (Å²) in [6.07, 6.45) is 3.04. The summed E-state index contributed by atoms with van der Waals surface area (Å²) in [7, 11) is 0. The molecule has 1 heterocycles. The molecule has 2 rings (SSSR count). The number of hydrogen-bond donors (Lipinski definition) is 2. The molecule has 0 saturated carbocycles. The predicted octanol–water partition coefficient (Wildman–Crippen LogP) is 3.65. The third-order valence-corrected chi connectivity index (χ3v) is 3.75. The molecule has 0 spiro atoms. The summed E-state index contributed by atoms with van der Waals surface area (Å²) in [6.45, 7) is 2.62. The molecule has 120 valence electrons. The van der Waals surface area contributed by atoms with Crippen LogP contribution in [0.2, 0.25) is 0 Å². The first kappa shape index (κ1) is 16.8. The van der Waals surface area contributed by atoms with Gasteiger partial charge in [-0.25, -0.2) is 9.59 Å². The molecule has 0 aliphatic rings. The number of carbonyl (C=O) groups is 2. The Kier molecular flexibility index (Phi) is 6.38. The third-order valence-electron chi connectivity index (χ3n) is 2.87. The fraction of sp³-hybridized carbons (Fsp3) is 0.176. The van der Waals surface area contributed by atoms with E-state index in [-0.39, 0.29) is 12.0 Å². The molecule has 0 saturated heterocycles. The summed E-state index contributed by atoms with van der Waals surface area (Å²) in [5.41, 5.74) is 1.53. The Bertz CT molecular complexity index is 664. The zero-order valence-corrected chi connectivity index (χ0v) is 13.6. The Labute approximate surface area is 139 Å². The molecular formula is C17H18N2O3S. The zero-order valence-electron chi connectivity index (χ0n) is 12.7. The molecule has 6 heteroatoms. The average molecular weight is 330 g/mol. The summed E-state index contributed by atoms with van der Waals surface area (Å²) < 4.78 is 4.81. The second-order valence-electron chi connectivity index (χ2n) is 4.59. The van der Waals surface area contributed by atoms with Crippen molar-refractivity contribution in [3.63, 3.8) is 0 Å². The van der Waals surface area contributed by atoms with Crippen LogP contribution < -0.4 is 10.6 Å². The van der Waals surface area contributed by atoms with Gasteiger partial charge >= 0.3 is 12.0 Å². The normalized spacial score (nSPS) is 10.5. The molecule has 0 radical (unpaired) electrons. The van der Waals surface area contributed by atoms with Crippen LogP contribution in [0, 0.1) is 0 Å². The number of amides is 2. The zero-order chi connectivity index (χ0) is 16.5. The standard InChI is InChI=1S/C17H18N2O3S/c1-2-22-16(20)10-7-13-5-8-14(9-6-13)19-17(21)18-12-15-4-3-11-23-15/h3-11H,2,12H2,1H3,(H2,18,19,21)/b10-7+. The molecule has 1 aromatic heterocycles. The van der Waals surface area contributed by atoms with E-state index in [0.717, 1.165) is 10.4 Å². The van der Waals surface area contributed by atoms with Gasteiger partial charge in [0.1, 0.15) is 0 Å². The van der Waals surface area contributed by atoms with Crippen molar-refractivity contribution < 1.29 is 14.3 Å². The van der Waals surface area contributed by atoms with Crippen LogP contribution in [0.25, 0.3) is 6.08 Å². The van der Waals surface area contributed by atoms with Crippen LogP contribution in [-0.2, 0) is 16.1 Å². The van der Waals surface area contributed by atoms with Crippen LogP contribution in [0.5, 0.6) is 0 Å². The second kappa shape index (κ2) is 8.75. The van der Waals surface area contributed by atoms with Crippen molar-refractivity contribution in [2.45, 2.75) is 13.5 Å². The Morgan fingerprint density at radius 3 is 2.65 bits per heavy atom. The molecule has 1 aromatic carbocycles. The van der Waals surface area contributed by atoms with Crippen LogP contribution in [0.3, 0.4) is 0 Å². The van der Waals surface area contributed by atoms with Gasteiger partial charge in [0.05, 0.1) is 13.2 Å². The summed E-state index contributed by atoms with van der Waals surface area (Å²) in [4.78, 5) is 24.1. The fourth-order valence-corrected chi connectivity index (χ4v) is 2.43. The van der Waals surface area contributed by atoms with Gasteiger partial charge in [-0.05, 0) is 42.1 Å². The topological polar surface area (TPSA) is 67.4 Å². The Hall–Kier alpha value is -2.60. The predicted molar refractivity (Wildman–Crippen MR) is 92.3 cm³/mol. The van der Waals surface area contributed by atoms with Gasteiger partial charge in [0.25, 0.3) is 0 Å². The SMILES string of the molecule is CCOC(=O)/C=C/c1ccc(NC(=O)NCc2cccs2)cc1. The van der Waals surface area contributed by atoms with Crippen molar-refractivity contribution in [3.05, 3.63) is 58.3 Å². The molecule has 2 aromatic rings. The lowest BCUT2D eigenvalue weighted by Crippen LogP contribution is -2.27. The molecule has 0 bridgehead atoms. The van der Waals surface area contributed by atoms with Crippen molar-refractivity contribution in [1.82, 2.24) is 5.32 Å². The number of carbonyl (C=O) groups excluding carboxylic acids is 2. The van der Waals surface area contributed by atoms with E-state index in [1.807, 2.05) is 29.6 Å². The van der Waals surface area contributed by atoms with Gasteiger partial charge in [-0.2, -0.15) is 0 Å². The van der Waals surface area contributed by atoms with Crippen molar-refractivity contribution in [1.29, 1.82) is 0 Å². The van der Waals surface area contributed by atoms with Crippen LogP contribution in [0.4, 0.5) is 10.5 Å². The van der Waals surface area contributed by atoms with Gasteiger partial charge in [-0.3, -0.25) is 0 Å². The number of benzene rings is 1. The van der Waals surface area contributed by atoms with Gasteiger partial charge in [0.2, 0.25) is 0 Å². The Balaban J connectivity index is 1.82. The number of nitrogens with one attached hydrogen (secondary N) is 2. The van der Waals surface area contributed by atoms with Crippen LogP contribution in [0.15, 0.2) is 47.9 Å². The molecule has 5 nitrogen and oxygen atoms in total. The molecule has 2 N–H and O–H groups in total. The van der Waals surface area contributed by atoms with E-state index < -0.39 is 0 Å². The number of esters is 1. The Morgan fingerprint density at radius 1 is 1.22 bits per heavy atom. The highest BCUT2D eigenvalue weighted by Gasteiger charge is 2.02. The first-order valence-corrected chi connectivity index (χ1v) is 8.07. The van der Waals surface area contributed by atoms with Crippen LogP contribution in [-0.4, -0.2) is 18.6 Å². The first-order chi connectivity index (χ1) is 11.2. The highest BCUT2D eigenvalue weighted by Crippen LogP contribution is 2.11. The van der Waals surface area contributed by atoms with Gasteiger partial charge in [-0.1, -0.05) is 18.2 Å².